The summed E-state index contributed by atoms with van der Waals surface area (Å²) >= 11 is 0. The molecule has 168 valence electrons. The van der Waals surface area contributed by atoms with Crippen molar-refractivity contribution in [1.29, 1.82) is 0 Å². The summed E-state index contributed by atoms with van der Waals surface area (Å²) in [6.45, 7) is 6.21. The first-order valence-corrected chi connectivity index (χ1v) is 12.0. The highest BCUT2D eigenvalue weighted by Gasteiger charge is 2.30. The van der Waals surface area contributed by atoms with Crippen molar-refractivity contribution in [3.8, 4) is 5.75 Å². The molecular formula is C27H34N4O. The predicted octanol–water partition coefficient (Wildman–Crippen LogP) is 5.35. The number of hydrogen-bond donors (Lipinski definition) is 0. The lowest BCUT2D eigenvalue weighted by Gasteiger charge is -2.34. The Morgan fingerprint density at radius 3 is 2.50 bits per heavy atom. The van der Waals surface area contributed by atoms with Crippen molar-refractivity contribution >= 4 is 16.7 Å². The second kappa shape index (κ2) is 9.07. The normalized spacial score (nSPS) is 17.3. The Morgan fingerprint density at radius 1 is 1.00 bits per heavy atom. The van der Waals surface area contributed by atoms with Gasteiger partial charge < -0.3 is 14.5 Å². The van der Waals surface area contributed by atoms with Crippen LogP contribution < -0.4 is 9.64 Å². The number of rotatable bonds is 7. The highest BCUT2D eigenvalue weighted by atomic mass is 16.5. The molecule has 1 aliphatic heterocycles. The van der Waals surface area contributed by atoms with Crippen molar-refractivity contribution in [2.45, 2.75) is 51.0 Å². The number of anilines is 1. The van der Waals surface area contributed by atoms with Gasteiger partial charge >= 0.3 is 0 Å². The molecule has 5 rings (SSSR count). The molecule has 0 N–H and O–H groups in total. The van der Waals surface area contributed by atoms with Gasteiger partial charge in [0.05, 0.1) is 12.6 Å². The van der Waals surface area contributed by atoms with E-state index in [-0.39, 0.29) is 0 Å². The fraction of sp³-hybridized carbons (Fsp3) is 0.481. The van der Waals surface area contributed by atoms with Gasteiger partial charge in [-0.2, -0.15) is 0 Å². The smallest absolute Gasteiger partial charge is 0.140 e. The van der Waals surface area contributed by atoms with E-state index in [1.807, 2.05) is 0 Å². The van der Waals surface area contributed by atoms with E-state index < -0.39 is 0 Å². The van der Waals surface area contributed by atoms with Gasteiger partial charge in [0.2, 0.25) is 0 Å². The van der Waals surface area contributed by atoms with Crippen molar-refractivity contribution < 1.29 is 4.74 Å². The fourth-order valence-electron chi connectivity index (χ4n) is 4.87. The first-order chi connectivity index (χ1) is 15.7. The molecule has 1 saturated carbocycles. The largest absolute Gasteiger partial charge is 0.496 e. The van der Waals surface area contributed by atoms with E-state index in [1.165, 1.54) is 29.4 Å². The van der Waals surface area contributed by atoms with Gasteiger partial charge in [-0.05, 0) is 74.5 Å². The first kappa shape index (κ1) is 21.2. The maximum absolute atomic E-state index is 5.63. The Bertz CT molecular complexity index is 1090. The van der Waals surface area contributed by atoms with E-state index in [4.69, 9.17) is 14.7 Å². The minimum atomic E-state index is 0.534. The van der Waals surface area contributed by atoms with Crippen LogP contribution in [0, 0.1) is 0 Å². The maximum Gasteiger partial charge on any atom is 0.140 e. The van der Waals surface area contributed by atoms with Crippen molar-refractivity contribution in [1.82, 2.24) is 14.9 Å². The number of aromatic nitrogens is 2. The number of piperidine rings is 1. The lowest BCUT2D eigenvalue weighted by Crippen LogP contribution is -2.34. The average Bonchev–Trinajstić information content (AvgIpc) is 3.69. The van der Waals surface area contributed by atoms with Gasteiger partial charge in [-0.3, -0.25) is 0 Å². The molecular weight excluding hydrogens is 396 g/mol. The number of benzene rings is 2. The summed E-state index contributed by atoms with van der Waals surface area (Å²) in [5, 5.41) is 1.20. The van der Waals surface area contributed by atoms with Gasteiger partial charge in [-0.1, -0.05) is 31.2 Å². The quantitative estimate of drug-likeness (QED) is 0.505. The van der Waals surface area contributed by atoms with Crippen LogP contribution in [0.1, 0.15) is 61.4 Å². The highest BCUT2D eigenvalue weighted by Crippen LogP contribution is 2.41. The molecule has 0 radical (unpaired) electrons. The zero-order valence-electron chi connectivity index (χ0n) is 19.6. The van der Waals surface area contributed by atoms with Crippen LogP contribution in [-0.2, 0) is 6.54 Å². The summed E-state index contributed by atoms with van der Waals surface area (Å²) in [6.07, 6.45) is 4.67. The summed E-state index contributed by atoms with van der Waals surface area (Å²) < 4.78 is 5.63. The van der Waals surface area contributed by atoms with E-state index >= 15 is 0 Å². The molecule has 1 saturated heterocycles. The maximum atomic E-state index is 5.63. The van der Waals surface area contributed by atoms with Crippen LogP contribution in [0.3, 0.4) is 0 Å². The number of nitrogens with zero attached hydrogens (tertiary/aromatic N) is 4. The molecule has 2 fully saturated rings. The van der Waals surface area contributed by atoms with E-state index in [0.29, 0.717) is 11.8 Å². The molecule has 5 nitrogen and oxygen atoms in total. The Hall–Kier alpha value is -2.66. The molecule has 0 unspecified atom stereocenters. The van der Waals surface area contributed by atoms with Gasteiger partial charge in [0.15, 0.2) is 0 Å². The van der Waals surface area contributed by atoms with Crippen LogP contribution in [-0.4, -0.2) is 48.7 Å². The Morgan fingerprint density at radius 2 is 1.78 bits per heavy atom. The third-order valence-corrected chi connectivity index (χ3v) is 7.07. The van der Waals surface area contributed by atoms with Crippen LogP contribution in [0.25, 0.3) is 10.9 Å². The summed E-state index contributed by atoms with van der Waals surface area (Å²) in [5.74, 6) is 4.27. The molecule has 0 amide bonds. The van der Waals surface area contributed by atoms with Crippen LogP contribution in [0.2, 0.25) is 0 Å². The minimum absolute atomic E-state index is 0.534. The molecule has 0 spiro atoms. The molecule has 0 atom stereocenters. The molecule has 0 bridgehead atoms. The molecule has 2 aromatic carbocycles. The van der Waals surface area contributed by atoms with Crippen LogP contribution in [0.4, 0.5) is 5.82 Å². The summed E-state index contributed by atoms with van der Waals surface area (Å²) in [6, 6.07) is 15.2. The second-order valence-corrected chi connectivity index (χ2v) is 9.36. The highest BCUT2D eigenvalue weighted by molar-refractivity contribution is 5.90. The standard InChI is InChI=1S/C27H34N4O/c1-4-30(2)18-19-9-12-24-23(17-19)27(29-26(28-24)21-10-11-21)31-15-13-20(14-16-31)22-7-5-6-8-25(22)32-3/h5-9,12,17,20-21H,4,10-11,13-16,18H2,1-3H3. The van der Waals surface area contributed by atoms with Gasteiger partial charge in [0.1, 0.15) is 17.4 Å². The molecule has 3 aromatic rings. The molecule has 2 heterocycles. The number of para-hydroxylation sites is 1. The molecule has 2 aliphatic rings. The van der Waals surface area contributed by atoms with E-state index in [9.17, 15) is 0 Å². The third kappa shape index (κ3) is 4.31. The van der Waals surface area contributed by atoms with Crippen LogP contribution in [0.15, 0.2) is 42.5 Å². The summed E-state index contributed by atoms with van der Waals surface area (Å²) in [7, 11) is 3.94. The van der Waals surface area contributed by atoms with Gasteiger partial charge in [-0.25, -0.2) is 9.97 Å². The Balaban J connectivity index is 1.44. The van der Waals surface area contributed by atoms with Crippen LogP contribution >= 0.6 is 0 Å². The van der Waals surface area contributed by atoms with Gasteiger partial charge in [-0.15, -0.1) is 0 Å². The summed E-state index contributed by atoms with van der Waals surface area (Å²) in [4.78, 5) is 14.9. The van der Waals surface area contributed by atoms with Gasteiger partial charge in [0, 0.05) is 30.9 Å². The lowest BCUT2D eigenvalue weighted by molar-refractivity contribution is 0.346. The minimum Gasteiger partial charge on any atom is -0.496 e. The summed E-state index contributed by atoms with van der Waals surface area (Å²) in [5.41, 5.74) is 3.76. The Labute approximate surface area is 191 Å². The number of methoxy groups -OCH3 is 1. The first-order valence-electron chi connectivity index (χ1n) is 12.0. The van der Waals surface area contributed by atoms with E-state index in [1.54, 1.807) is 7.11 Å². The van der Waals surface area contributed by atoms with Crippen molar-refractivity contribution in [2.75, 3.05) is 38.7 Å². The molecule has 1 aromatic heterocycles. The van der Waals surface area contributed by atoms with Crippen molar-refractivity contribution in [2.24, 2.45) is 0 Å². The van der Waals surface area contributed by atoms with Crippen molar-refractivity contribution in [3.63, 3.8) is 0 Å². The number of fused-ring (bicyclic) bond motifs is 1. The molecule has 32 heavy (non-hydrogen) atoms. The Kier molecular flexibility index (Phi) is 6.01. The molecule has 5 heteroatoms. The zero-order valence-corrected chi connectivity index (χ0v) is 19.6. The predicted molar refractivity (Wildman–Crippen MR) is 131 cm³/mol. The van der Waals surface area contributed by atoms with E-state index in [0.717, 1.165) is 61.9 Å². The topological polar surface area (TPSA) is 41.5 Å². The van der Waals surface area contributed by atoms with Crippen LogP contribution in [0.5, 0.6) is 5.75 Å². The lowest BCUT2D eigenvalue weighted by atomic mass is 9.88. The fourth-order valence-corrected chi connectivity index (χ4v) is 4.87. The average molecular weight is 431 g/mol. The zero-order chi connectivity index (χ0) is 22.1. The second-order valence-electron chi connectivity index (χ2n) is 9.36. The molecule has 1 aliphatic carbocycles. The number of ether oxygens (including phenoxy) is 1. The SMILES string of the molecule is CCN(C)Cc1ccc2nc(C3CC3)nc(N3CCC(c4ccccc4OC)CC3)c2c1. The monoisotopic (exact) mass is 430 g/mol. The number of hydrogen-bond acceptors (Lipinski definition) is 5. The van der Waals surface area contributed by atoms with Crippen molar-refractivity contribution in [3.05, 3.63) is 59.4 Å². The van der Waals surface area contributed by atoms with Gasteiger partial charge in [0.25, 0.3) is 0 Å². The van der Waals surface area contributed by atoms with E-state index in [2.05, 4.69) is 66.2 Å². The third-order valence-electron chi connectivity index (χ3n) is 7.07.